The fourth-order valence-corrected chi connectivity index (χ4v) is 0.703. The number of nitrogens with zero attached hydrogens (tertiary/aromatic N) is 2. The summed E-state index contributed by atoms with van der Waals surface area (Å²) in [4.78, 5) is 4.48. The summed E-state index contributed by atoms with van der Waals surface area (Å²) in [5.41, 5.74) is 0. The SMILES string of the molecule is CC.CC.CC(CCN(C)C)N(C)C. The summed E-state index contributed by atoms with van der Waals surface area (Å²) < 4.78 is 0. The molecule has 0 amide bonds. The summed E-state index contributed by atoms with van der Waals surface area (Å²) in [7, 11) is 8.48. The van der Waals surface area contributed by atoms with Crippen LogP contribution in [0.25, 0.3) is 0 Å². The molecule has 0 aliphatic carbocycles. The van der Waals surface area contributed by atoms with Gasteiger partial charge >= 0.3 is 0 Å². The lowest BCUT2D eigenvalue weighted by molar-refractivity contribution is 0.267. The normalized spacial score (nSPS) is 11.4. The van der Waals surface area contributed by atoms with E-state index in [1.165, 1.54) is 13.0 Å². The maximum atomic E-state index is 2.25. The Morgan fingerprint density at radius 1 is 0.857 bits per heavy atom. The van der Waals surface area contributed by atoms with Crippen LogP contribution in [0.2, 0.25) is 0 Å². The van der Waals surface area contributed by atoms with Gasteiger partial charge in [0.15, 0.2) is 0 Å². The molecule has 0 rings (SSSR count). The van der Waals surface area contributed by atoms with Crippen LogP contribution in [0.3, 0.4) is 0 Å². The Bertz CT molecular complexity index is 80.4. The Morgan fingerprint density at radius 3 is 1.43 bits per heavy atom. The van der Waals surface area contributed by atoms with Crippen LogP contribution in [0.5, 0.6) is 0 Å². The average molecular weight is 204 g/mol. The van der Waals surface area contributed by atoms with Crippen LogP contribution in [0.15, 0.2) is 0 Å². The first kappa shape index (κ1) is 19.5. The van der Waals surface area contributed by atoms with E-state index in [2.05, 4.69) is 44.9 Å². The first-order chi connectivity index (χ1) is 6.54. The third kappa shape index (κ3) is 17.9. The lowest BCUT2D eigenvalue weighted by atomic mass is 10.2. The molecule has 0 aromatic carbocycles. The van der Waals surface area contributed by atoms with Gasteiger partial charge in [0.1, 0.15) is 0 Å². The zero-order chi connectivity index (χ0) is 12.1. The van der Waals surface area contributed by atoms with E-state index in [1.54, 1.807) is 0 Å². The maximum Gasteiger partial charge on any atom is 0.00730 e. The van der Waals surface area contributed by atoms with Crippen molar-refractivity contribution in [3.8, 4) is 0 Å². The van der Waals surface area contributed by atoms with Gasteiger partial charge in [-0.25, -0.2) is 0 Å². The van der Waals surface area contributed by atoms with Gasteiger partial charge in [0, 0.05) is 6.04 Å². The smallest absolute Gasteiger partial charge is 0.00730 e. The standard InChI is InChI=1S/C8H20N2.2C2H6/c1-8(10(4)5)6-7-9(2)3;2*1-2/h8H,6-7H2,1-5H3;2*1-2H3. The molecule has 1 unspecified atom stereocenters. The van der Waals surface area contributed by atoms with Crippen LogP contribution in [-0.4, -0.2) is 50.6 Å². The van der Waals surface area contributed by atoms with Crippen molar-refractivity contribution in [1.82, 2.24) is 9.80 Å². The average Bonchev–Trinajstić information content (AvgIpc) is 2.20. The fraction of sp³-hybridized carbons (Fsp3) is 1.00. The lowest BCUT2D eigenvalue weighted by Crippen LogP contribution is -2.28. The summed E-state index contributed by atoms with van der Waals surface area (Å²) in [5.74, 6) is 0. The quantitative estimate of drug-likeness (QED) is 0.695. The lowest BCUT2D eigenvalue weighted by Gasteiger charge is -2.21. The summed E-state index contributed by atoms with van der Waals surface area (Å²) in [6.07, 6.45) is 1.25. The number of rotatable bonds is 4. The molecule has 14 heavy (non-hydrogen) atoms. The zero-order valence-corrected chi connectivity index (χ0v) is 11.9. The molecule has 0 aliphatic rings. The van der Waals surface area contributed by atoms with E-state index in [1.807, 2.05) is 27.7 Å². The molecule has 0 saturated carbocycles. The van der Waals surface area contributed by atoms with Gasteiger partial charge in [-0.3, -0.25) is 0 Å². The zero-order valence-electron chi connectivity index (χ0n) is 11.9. The second-order valence-electron chi connectivity index (χ2n) is 3.40. The highest BCUT2D eigenvalue weighted by molar-refractivity contribution is 4.60. The molecule has 0 spiro atoms. The summed E-state index contributed by atoms with van der Waals surface area (Å²) >= 11 is 0. The molecule has 0 fully saturated rings. The van der Waals surface area contributed by atoms with E-state index in [-0.39, 0.29) is 0 Å². The van der Waals surface area contributed by atoms with Crippen molar-refractivity contribution in [3.05, 3.63) is 0 Å². The summed E-state index contributed by atoms with van der Waals surface area (Å²) in [6.45, 7) is 11.4. The fourth-order valence-electron chi connectivity index (χ4n) is 0.703. The molecule has 0 aromatic rings. The van der Waals surface area contributed by atoms with Crippen LogP contribution in [0, 0.1) is 0 Å². The van der Waals surface area contributed by atoms with Crippen molar-refractivity contribution in [2.45, 2.75) is 47.1 Å². The molecule has 0 saturated heterocycles. The summed E-state index contributed by atoms with van der Waals surface area (Å²) in [6, 6.07) is 0.697. The second-order valence-corrected chi connectivity index (χ2v) is 3.40. The molecule has 0 N–H and O–H groups in total. The Labute approximate surface area is 92.3 Å². The van der Waals surface area contributed by atoms with Crippen molar-refractivity contribution < 1.29 is 0 Å². The van der Waals surface area contributed by atoms with Gasteiger partial charge in [-0.05, 0) is 48.1 Å². The van der Waals surface area contributed by atoms with Crippen molar-refractivity contribution >= 4 is 0 Å². The van der Waals surface area contributed by atoms with Gasteiger partial charge in [-0.15, -0.1) is 0 Å². The first-order valence-electron chi connectivity index (χ1n) is 5.85. The highest BCUT2D eigenvalue weighted by atomic mass is 15.1. The number of hydrogen-bond donors (Lipinski definition) is 0. The van der Waals surface area contributed by atoms with Crippen LogP contribution in [-0.2, 0) is 0 Å². The van der Waals surface area contributed by atoms with Crippen LogP contribution >= 0.6 is 0 Å². The Balaban J connectivity index is -0.000000266. The highest BCUT2D eigenvalue weighted by Gasteiger charge is 2.03. The van der Waals surface area contributed by atoms with Gasteiger partial charge in [0.25, 0.3) is 0 Å². The molecule has 2 heteroatoms. The minimum Gasteiger partial charge on any atom is -0.309 e. The predicted octanol–water partition coefficient (Wildman–Crippen LogP) is 2.94. The highest BCUT2D eigenvalue weighted by Crippen LogP contribution is 1.97. The van der Waals surface area contributed by atoms with Crippen molar-refractivity contribution in [1.29, 1.82) is 0 Å². The third-order valence-corrected chi connectivity index (χ3v) is 1.88. The molecule has 0 bridgehead atoms. The molecule has 0 aromatic heterocycles. The van der Waals surface area contributed by atoms with E-state index >= 15 is 0 Å². The van der Waals surface area contributed by atoms with E-state index in [9.17, 15) is 0 Å². The predicted molar refractivity (Wildman–Crippen MR) is 69.0 cm³/mol. The van der Waals surface area contributed by atoms with Crippen LogP contribution in [0.1, 0.15) is 41.0 Å². The van der Waals surface area contributed by atoms with Crippen molar-refractivity contribution in [3.63, 3.8) is 0 Å². The molecule has 0 heterocycles. The van der Waals surface area contributed by atoms with Crippen molar-refractivity contribution in [2.75, 3.05) is 34.7 Å². The van der Waals surface area contributed by atoms with E-state index in [0.717, 1.165) is 0 Å². The van der Waals surface area contributed by atoms with Crippen LogP contribution < -0.4 is 0 Å². The summed E-state index contributed by atoms with van der Waals surface area (Å²) in [5, 5.41) is 0. The minimum absolute atomic E-state index is 0.697. The minimum atomic E-state index is 0.697. The Hall–Kier alpha value is -0.0800. The molecule has 0 aliphatic heterocycles. The van der Waals surface area contributed by atoms with E-state index in [4.69, 9.17) is 0 Å². The molecular weight excluding hydrogens is 172 g/mol. The molecule has 90 valence electrons. The first-order valence-corrected chi connectivity index (χ1v) is 5.85. The van der Waals surface area contributed by atoms with Gasteiger partial charge in [-0.1, -0.05) is 27.7 Å². The Kier molecular flexibility index (Phi) is 21.4. The maximum absolute atomic E-state index is 2.25. The third-order valence-electron chi connectivity index (χ3n) is 1.88. The molecule has 1 atom stereocenters. The van der Waals surface area contributed by atoms with Gasteiger partial charge < -0.3 is 9.80 Å². The second kappa shape index (κ2) is 15.4. The van der Waals surface area contributed by atoms with E-state index in [0.29, 0.717) is 6.04 Å². The molecule has 2 nitrogen and oxygen atoms in total. The van der Waals surface area contributed by atoms with Gasteiger partial charge in [0.05, 0.1) is 0 Å². The van der Waals surface area contributed by atoms with Gasteiger partial charge in [-0.2, -0.15) is 0 Å². The largest absolute Gasteiger partial charge is 0.309 e. The molecule has 0 radical (unpaired) electrons. The molecular formula is C12H32N2. The van der Waals surface area contributed by atoms with Crippen LogP contribution in [0.4, 0.5) is 0 Å². The van der Waals surface area contributed by atoms with Gasteiger partial charge in [0.2, 0.25) is 0 Å². The topological polar surface area (TPSA) is 6.48 Å². The Morgan fingerprint density at radius 2 is 1.21 bits per heavy atom. The van der Waals surface area contributed by atoms with E-state index < -0.39 is 0 Å². The monoisotopic (exact) mass is 204 g/mol. The number of hydrogen-bond acceptors (Lipinski definition) is 2. The van der Waals surface area contributed by atoms with Crippen molar-refractivity contribution in [2.24, 2.45) is 0 Å².